The Hall–Kier alpha value is -2.63. The highest BCUT2D eigenvalue weighted by Crippen LogP contribution is 2.31. The molecule has 0 saturated heterocycles. The number of benzene rings is 1. The quantitative estimate of drug-likeness (QED) is 0.519. The Morgan fingerprint density at radius 3 is 2.59 bits per heavy atom. The van der Waals surface area contributed by atoms with Crippen LogP contribution in [0.3, 0.4) is 0 Å². The van der Waals surface area contributed by atoms with E-state index in [1.165, 1.54) is 44.6 Å². The maximum Gasteiger partial charge on any atom is 0.303 e. The number of esters is 1. The van der Waals surface area contributed by atoms with Crippen LogP contribution in [0.2, 0.25) is 0 Å². The second-order valence-corrected chi connectivity index (χ2v) is 8.56. The van der Waals surface area contributed by atoms with Gasteiger partial charge in [0.25, 0.3) is 0 Å². The van der Waals surface area contributed by atoms with Gasteiger partial charge in [0.05, 0.1) is 6.26 Å². The van der Waals surface area contributed by atoms with Crippen LogP contribution in [0.4, 0.5) is 0 Å². The highest BCUT2D eigenvalue weighted by Gasteiger charge is 2.21. The van der Waals surface area contributed by atoms with Crippen molar-refractivity contribution < 1.29 is 18.5 Å². The molecule has 0 radical (unpaired) electrons. The van der Waals surface area contributed by atoms with Crippen LogP contribution in [0.1, 0.15) is 83.0 Å². The number of rotatable bonds is 3. The van der Waals surface area contributed by atoms with E-state index in [4.69, 9.17) is 13.7 Å². The molecule has 6 nitrogen and oxygen atoms in total. The van der Waals surface area contributed by atoms with Crippen LogP contribution in [0.15, 0.2) is 39.5 Å². The summed E-state index contributed by atoms with van der Waals surface area (Å²) in [6.07, 6.45) is 8.67. The minimum Gasteiger partial charge on any atom is -0.464 e. The van der Waals surface area contributed by atoms with Crippen molar-refractivity contribution in [1.29, 1.82) is 0 Å². The summed E-state index contributed by atoms with van der Waals surface area (Å²) in [5.74, 6) is 1.85. The monoisotopic (exact) mass is 398 g/mol. The van der Waals surface area contributed by atoms with Crippen LogP contribution in [-0.4, -0.2) is 21.7 Å². The summed E-state index contributed by atoms with van der Waals surface area (Å²) in [6.45, 7) is 6.93. The van der Waals surface area contributed by atoms with Crippen LogP contribution >= 0.6 is 0 Å². The molecule has 1 fully saturated rings. The molecule has 2 heterocycles. The van der Waals surface area contributed by atoms with Gasteiger partial charge in [0, 0.05) is 24.6 Å². The van der Waals surface area contributed by atoms with Crippen LogP contribution < -0.4 is 0 Å². The molecule has 3 aromatic rings. The standard InChI is InChI=1S/C17H18N2O2.C6H12O2/c1-2-4-13(5-3-1)17-18-16(19-21-17)11-12-6-7-15-14(10-12)8-9-20-15;1-5(7)8-6(2,3)4/h6-10,13H,1-5,11H2;1-4H3. The second-order valence-electron chi connectivity index (χ2n) is 8.56. The maximum atomic E-state index is 10.2. The first-order valence-corrected chi connectivity index (χ1v) is 10.3. The van der Waals surface area contributed by atoms with Crippen molar-refractivity contribution in [2.24, 2.45) is 0 Å². The van der Waals surface area contributed by atoms with E-state index in [0.29, 0.717) is 12.3 Å². The maximum absolute atomic E-state index is 10.2. The molecule has 0 unspecified atom stereocenters. The molecule has 1 aliphatic carbocycles. The predicted molar refractivity (Wildman–Crippen MR) is 111 cm³/mol. The van der Waals surface area contributed by atoms with Gasteiger partial charge >= 0.3 is 5.97 Å². The zero-order valence-electron chi connectivity index (χ0n) is 17.7. The fourth-order valence-electron chi connectivity index (χ4n) is 3.59. The summed E-state index contributed by atoms with van der Waals surface area (Å²) in [5.41, 5.74) is 1.76. The third-order valence-corrected chi connectivity index (χ3v) is 4.77. The average molecular weight is 399 g/mol. The van der Waals surface area contributed by atoms with Gasteiger partial charge in [0.1, 0.15) is 11.2 Å². The molecule has 4 rings (SSSR count). The summed E-state index contributed by atoms with van der Waals surface area (Å²) in [4.78, 5) is 14.8. The number of ether oxygens (including phenoxy) is 1. The number of carbonyl (C=O) groups is 1. The molecule has 1 aromatic carbocycles. The summed E-state index contributed by atoms with van der Waals surface area (Å²) in [6, 6.07) is 8.15. The summed E-state index contributed by atoms with van der Waals surface area (Å²) in [5, 5.41) is 5.26. The second kappa shape index (κ2) is 9.25. The van der Waals surface area contributed by atoms with Crippen molar-refractivity contribution in [3.63, 3.8) is 0 Å². The van der Waals surface area contributed by atoms with Gasteiger partial charge < -0.3 is 13.7 Å². The zero-order chi connectivity index (χ0) is 20.9. The molecule has 0 spiro atoms. The van der Waals surface area contributed by atoms with E-state index in [-0.39, 0.29) is 11.6 Å². The highest BCUT2D eigenvalue weighted by atomic mass is 16.6. The molecule has 0 amide bonds. The van der Waals surface area contributed by atoms with E-state index in [1.54, 1.807) is 6.26 Å². The van der Waals surface area contributed by atoms with Gasteiger partial charge in [-0.1, -0.05) is 30.5 Å². The third-order valence-electron chi connectivity index (χ3n) is 4.77. The molecule has 1 saturated carbocycles. The van der Waals surface area contributed by atoms with Gasteiger partial charge in [-0.3, -0.25) is 4.79 Å². The number of hydrogen-bond donors (Lipinski definition) is 0. The van der Waals surface area contributed by atoms with Crippen molar-refractivity contribution in [2.75, 3.05) is 0 Å². The molecule has 0 aliphatic heterocycles. The van der Waals surface area contributed by atoms with Crippen LogP contribution in [0, 0.1) is 0 Å². The van der Waals surface area contributed by atoms with E-state index in [2.05, 4.69) is 22.3 Å². The summed E-state index contributed by atoms with van der Waals surface area (Å²) >= 11 is 0. The predicted octanol–water partition coefficient (Wildman–Crippen LogP) is 5.80. The number of hydrogen-bond acceptors (Lipinski definition) is 6. The molecule has 29 heavy (non-hydrogen) atoms. The van der Waals surface area contributed by atoms with E-state index in [0.717, 1.165) is 22.7 Å². The lowest BCUT2D eigenvalue weighted by atomic mass is 9.89. The molecular formula is C23H30N2O4. The zero-order valence-corrected chi connectivity index (χ0v) is 17.7. The molecule has 6 heteroatoms. The molecule has 0 N–H and O–H groups in total. The van der Waals surface area contributed by atoms with E-state index >= 15 is 0 Å². The van der Waals surface area contributed by atoms with Gasteiger partial charge in [-0.2, -0.15) is 4.98 Å². The van der Waals surface area contributed by atoms with Crippen molar-refractivity contribution in [3.05, 3.63) is 47.8 Å². The highest BCUT2D eigenvalue weighted by molar-refractivity contribution is 5.77. The minimum absolute atomic E-state index is 0.225. The normalized spacial score (nSPS) is 15.0. The summed E-state index contributed by atoms with van der Waals surface area (Å²) in [7, 11) is 0. The van der Waals surface area contributed by atoms with Gasteiger partial charge in [-0.15, -0.1) is 0 Å². The average Bonchev–Trinajstić information content (AvgIpc) is 3.30. The van der Waals surface area contributed by atoms with Crippen LogP contribution in [0.25, 0.3) is 11.0 Å². The topological polar surface area (TPSA) is 78.4 Å². The molecule has 2 aromatic heterocycles. The fraction of sp³-hybridized carbons (Fsp3) is 0.522. The Labute approximate surface area is 171 Å². The van der Waals surface area contributed by atoms with Gasteiger partial charge in [0.2, 0.25) is 5.89 Å². The molecule has 156 valence electrons. The van der Waals surface area contributed by atoms with E-state index < -0.39 is 0 Å². The SMILES string of the molecule is CC(=O)OC(C)(C)C.c1cc2cc(Cc3noc(C4CCCCC4)n3)ccc2o1. The Balaban J connectivity index is 0.000000258. The Morgan fingerprint density at radius 2 is 1.93 bits per heavy atom. The van der Waals surface area contributed by atoms with Gasteiger partial charge in [-0.05, 0) is 57.4 Å². The smallest absolute Gasteiger partial charge is 0.303 e. The third kappa shape index (κ3) is 6.44. The fourth-order valence-corrected chi connectivity index (χ4v) is 3.59. The molecular weight excluding hydrogens is 368 g/mol. The number of nitrogens with zero attached hydrogens (tertiary/aromatic N) is 2. The lowest BCUT2D eigenvalue weighted by molar-refractivity contribution is -0.151. The van der Waals surface area contributed by atoms with E-state index in [9.17, 15) is 4.79 Å². The Kier molecular flexibility index (Phi) is 6.72. The van der Waals surface area contributed by atoms with Gasteiger partial charge in [-0.25, -0.2) is 0 Å². The van der Waals surface area contributed by atoms with Crippen LogP contribution in [0.5, 0.6) is 0 Å². The minimum atomic E-state index is -0.328. The van der Waals surface area contributed by atoms with Crippen molar-refractivity contribution in [1.82, 2.24) is 10.1 Å². The Morgan fingerprint density at radius 1 is 1.17 bits per heavy atom. The lowest BCUT2D eigenvalue weighted by Gasteiger charge is -2.17. The van der Waals surface area contributed by atoms with Crippen molar-refractivity contribution in [3.8, 4) is 0 Å². The van der Waals surface area contributed by atoms with Crippen LogP contribution in [-0.2, 0) is 16.0 Å². The first-order chi connectivity index (χ1) is 13.8. The van der Waals surface area contributed by atoms with Crippen molar-refractivity contribution in [2.45, 2.75) is 77.7 Å². The molecule has 0 bridgehead atoms. The van der Waals surface area contributed by atoms with Crippen molar-refractivity contribution >= 4 is 16.9 Å². The molecule has 0 atom stereocenters. The summed E-state index contributed by atoms with van der Waals surface area (Å²) < 4.78 is 15.6. The molecule has 1 aliphatic rings. The number of carbonyl (C=O) groups excluding carboxylic acids is 1. The largest absolute Gasteiger partial charge is 0.464 e. The first kappa shape index (κ1) is 21.1. The Bertz CT molecular complexity index is 930. The van der Waals surface area contributed by atoms with E-state index in [1.807, 2.05) is 32.9 Å². The lowest BCUT2D eigenvalue weighted by Crippen LogP contribution is -2.21. The number of furan rings is 1. The number of fused-ring (bicyclic) bond motifs is 1. The number of aromatic nitrogens is 2. The van der Waals surface area contributed by atoms with Gasteiger partial charge in [0.15, 0.2) is 5.82 Å². The first-order valence-electron chi connectivity index (χ1n) is 10.3.